The second-order valence-corrected chi connectivity index (χ2v) is 9.56. The van der Waals surface area contributed by atoms with Gasteiger partial charge in [-0.1, -0.05) is 12.1 Å². The lowest BCUT2D eigenvalue weighted by Crippen LogP contribution is -2.50. The second kappa shape index (κ2) is 9.38. The molecule has 0 radical (unpaired) electrons. The lowest BCUT2D eigenvalue weighted by atomic mass is 10.1. The summed E-state index contributed by atoms with van der Waals surface area (Å²) in [6.07, 6.45) is 0.364. The van der Waals surface area contributed by atoms with Gasteiger partial charge in [-0.25, -0.2) is 8.42 Å². The van der Waals surface area contributed by atoms with Crippen molar-refractivity contribution in [3.8, 4) is 5.75 Å². The summed E-state index contributed by atoms with van der Waals surface area (Å²) in [6, 6.07) is 6.38. The zero-order valence-electron chi connectivity index (χ0n) is 16.8. The van der Waals surface area contributed by atoms with Crippen molar-refractivity contribution in [3.63, 3.8) is 0 Å². The van der Waals surface area contributed by atoms with E-state index < -0.39 is 27.7 Å². The number of hydrogen-bond donors (Lipinski definition) is 1. The van der Waals surface area contributed by atoms with Crippen LogP contribution in [0.3, 0.4) is 0 Å². The number of amides is 2. The molecule has 1 aromatic rings. The Balaban J connectivity index is 2.07. The van der Waals surface area contributed by atoms with Gasteiger partial charge < -0.3 is 19.9 Å². The molecule has 156 valence electrons. The van der Waals surface area contributed by atoms with E-state index in [9.17, 15) is 18.0 Å². The molecule has 2 atom stereocenters. The van der Waals surface area contributed by atoms with Crippen LogP contribution in [0.15, 0.2) is 24.3 Å². The van der Waals surface area contributed by atoms with Gasteiger partial charge in [0.1, 0.15) is 5.75 Å². The van der Waals surface area contributed by atoms with Gasteiger partial charge in [-0.3, -0.25) is 9.59 Å². The molecule has 2 rings (SSSR count). The quantitative estimate of drug-likeness (QED) is 0.655. The summed E-state index contributed by atoms with van der Waals surface area (Å²) < 4.78 is 28.8. The van der Waals surface area contributed by atoms with E-state index in [-0.39, 0.29) is 17.5 Å². The average molecular weight is 412 g/mol. The van der Waals surface area contributed by atoms with Crippen LogP contribution in [0.2, 0.25) is 0 Å². The molecular weight excluding hydrogens is 382 g/mol. The highest BCUT2D eigenvalue weighted by Gasteiger charge is 2.36. The number of sulfone groups is 1. The molecule has 0 aromatic heterocycles. The minimum absolute atomic E-state index is 0.0489. The summed E-state index contributed by atoms with van der Waals surface area (Å²) in [5.41, 5.74) is 0.838. The van der Waals surface area contributed by atoms with E-state index in [0.29, 0.717) is 25.3 Å². The predicted molar refractivity (Wildman–Crippen MR) is 107 cm³/mol. The Morgan fingerprint density at radius 1 is 1.21 bits per heavy atom. The van der Waals surface area contributed by atoms with E-state index in [1.807, 2.05) is 31.1 Å². The van der Waals surface area contributed by atoms with E-state index in [1.54, 1.807) is 26.2 Å². The number of nitrogens with zero attached hydrogens (tertiary/aromatic N) is 2. The first-order valence-electron chi connectivity index (χ1n) is 9.23. The Kier molecular flexibility index (Phi) is 7.42. The number of benzene rings is 1. The van der Waals surface area contributed by atoms with Crippen LogP contribution in [-0.4, -0.2) is 81.9 Å². The number of methoxy groups -OCH3 is 1. The second-order valence-electron chi connectivity index (χ2n) is 7.33. The number of ether oxygens (including phenoxy) is 1. The van der Waals surface area contributed by atoms with E-state index in [0.717, 1.165) is 5.56 Å². The third-order valence-corrected chi connectivity index (χ3v) is 6.61. The molecule has 0 bridgehead atoms. The largest absolute Gasteiger partial charge is 0.497 e. The number of nitrogens with one attached hydrogen (secondary N) is 1. The van der Waals surface area contributed by atoms with Gasteiger partial charge in [-0.05, 0) is 45.1 Å². The molecule has 0 saturated carbocycles. The van der Waals surface area contributed by atoms with Crippen LogP contribution < -0.4 is 10.1 Å². The number of carbonyl (C=O) groups excluding carboxylic acids is 2. The van der Waals surface area contributed by atoms with Crippen LogP contribution in [0.4, 0.5) is 0 Å². The molecule has 0 aliphatic carbocycles. The maximum absolute atomic E-state index is 12.8. The van der Waals surface area contributed by atoms with Gasteiger partial charge in [-0.15, -0.1) is 0 Å². The maximum Gasteiger partial charge on any atom is 0.312 e. The van der Waals surface area contributed by atoms with Crippen LogP contribution in [0.5, 0.6) is 5.75 Å². The van der Waals surface area contributed by atoms with Crippen LogP contribution in [0.25, 0.3) is 0 Å². The molecule has 0 spiro atoms. The van der Waals surface area contributed by atoms with Crippen LogP contribution in [0.1, 0.15) is 24.9 Å². The van der Waals surface area contributed by atoms with Crippen LogP contribution in [0, 0.1) is 0 Å². The highest BCUT2D eigenvalue weighted by Crippen LogP contribution is 2.20. The fraction of sp³-hybridized carbons (Fsp3) is 0.579. The Bertz CT molecular complexity index is 792. The van der Waals surface area contributed by atoms with Gasteiger partial charge >= 0.3 is 11.8 Å². The average Bonchev–Trinajstić information content (AvgIpc) is 3.01. The van der Waals surface area contributed by atoms with Gasteiger partial charge in [0.15, 0.2) is 9.84 Å². The van der Waals surface area contributed by atoms with Crippen molar-refractivity contribution in [1.29, 1.82) is 0 Å². The van der Waals surface area contributed by atoms with Crippen LogP contribution >= 0.6 is 0 Å². The standard InChI is InChI=1S/C19H29N3O5S/c1-14(15-5-7-17(27-4)8-6-15)20-18(23)19(24)22(11-10-21(2)3)16-9-12-28(25,26)13-16/h5-8,14,16H,9-13H2,1-4H3,(H,20,23). The monoisotopic (exact) mass is 411 g/mol. The summed E-state index contributed by atoms with van der Waals surface area (Å²) in [6.45, 7) is 2.64. The summed E-state index contributed by atoms with van der Waals surface area (Å²) in [5, 5.41) is 2.71. The zero-order chi connectivity index (χ0) is 20.9. The van der Waals surface area contributed by atoms with Gasteiger partial charge in [0, 0.05) is 19.1 Å². The highest BCUT2D eigenvalue weighted by atomic mass is 32.2. The lowest BCUT2D eigenvalue weighted by molar-refractivity contribution is -0.147. The minimum Gasteiger partial charge on any atom is -0.497 e. The Labute approximate surface area is 166 Å². The maximum atomic E-state index is 12.8. The smallest absolute Gasteiger partial charge is 0.312 e. The third-order valence-electron chi connectivity index (χ3n) is 4.86. The number of carbonyl (C=O) groups is 2. The molecule has 2 amide bonds. The molecule has 1 saturated heterocycles. The molecular formula is C19H29N3O5S. The van der Waals surface area contributed by atoms with Gasteiger partial charge in [-0.2, -0.15) is 0 Å². The summed E-state index contributed by atoms with van der Waals surface area (Å²) in [7, 11) is 2.13. The number of hydrogen-bond acceptors (Lipinski definition) is 6. The Hall–Kier alpha value is -2.13. The van der Waals surface area contributed by atoms with Gasteiger partial charge in [0.2, 0.25) is 0 Å². The first kappa shape index (κ1) is 22.2. The first-order chi connectivity index (χ1) is 13.1. The summed E-state index contributed by atoms with van der Waals surface area (Å²) in [4.78, 5) is 28.7. The Morgan fingerprint density at radius 3 is 2.36 bits per heavy atom. The molecule has 1 N–H and O–H groups in total. The lowest BCUT2D eigenvalue weighted by Gasteiger charge is -2.29. The normalized spacial score (nSPS) is 19.2. The van der Waals surface area contributed by atoms with Crippen molar-refractivity contribution in [2.24, 2.45) is 0 Å². The SMILES string of the molecule is COc1ccc(C(C)NC(=O)C(=O)N(CCN(C)C)C2CCS(=O)(=O)C2)cc1. The minimum atomic E-state index is -3.16. The fourth-order valence-electron chi connectivity index (χ4n) is 3.14. The van der Waals surface area contributed by atoms with Gasteiger partial charge in [0.25, 0.3) is 0 Å². The summed E-state index contributed by atoms with van der Waals surface area (Å²) >= 11 is 0. The van der Waals surface area contributed by atoms with Crippen molar-refractivity contribution >= 4 is 21.7 Å². The van der Waals surface area contributed by atoms with E-state index in [1.165, 1.54) is 4.90 Å². The highest BCUT2D eigenvalue weighted by molar-refractivity contribution is 7.91. The van der Waals surface area contributed by atoms with Crippen LogP contribution in [-0.2, 0) is 19.4 Å². The summed E-state index contributed by atoms with van der Waals surface area (Å²) in [5.74, 6) is -0.757. The topological polar surface area (TPSA) is 96.0 Å². The van der Waals surface area contributed by atoms with Crippen molar-refractivity contribution < 1.29 is 22.7 Å². The molecule has 1 heterocycles. The Morgan fingerprint density at radius 2 is 1.86 bits per heavy atom. The van der Waals surface area contributed by atoms with Crippen molar-refractivity contribution in [2.75, 3.05) is 45.8 Å². The fourth-order valence-corrected chi connectivity index (χ4v) is 4.87. The molecule has 1 aliphatic rings. The van der Waals surface area contributed by atoms with Crippen molar-refractivity contribution in [3.05, 3.63) is 29.8 Å². The molecule has 28 heavy (non-hydrogen) atoms. The predicted octanol–water partition coefficient (Wildman–Crippen LogP) is 0.450. The molecule has 1 aliphatic heterocycles. The van der Waals surface area contributed by atoms with E-state index >= 15 is 0 Å². The van der Waals surface area contributed by atoms with Crippen molar-refractivity contribution in [1.82, 2.24) is 15.1 Å². The van der Waals surface area contributed by atoms with Gasteiger partial charge in [0.05, 0.1) is 24.7 Å². The molecule has 1 aromatic carbocycles. The third kappa shape index (κ3) is 5.93. The molecule has 2 unspecified atom stereocenters. The molecule has 8 nitrogen and oxygen atoms in total. The number of likely N-dealkylation sites (N-methyl/N-ethyl adjacent to an activating group) is 1. The first-order valence-corrected chi connectivity index (χ1v) is 11.1. The van der Waals surface area contributed by atoms with E-state index in [4.69, 9.17) is 4.74 Å². The zero-order valence-corrected chi connectivity index (χ0v) is 17.7. The number of rotatable bonds is 7. The van der Waals surface area contributed by atoms with Crippen molar-refractivity contribution in [2.45, 2.75) is 25.4 Å². The van der Waals surface area contributed by atoms with E-state index in [2.05, 4.69) is 5.32 Å². The molecule has 9 heteroatoms. The molecule has 1 fully saturated rings.